The molecule has 0 aliphatic heterocycles. The molecule has 0 spiro atoms. The number of sulfonamides is 1. The first kappa shape index (κ1) is 23.1. The predicted octanol–water partition coefficient (Wildman–Crippen LogP) is 2.86. The van der Waals surface area contributed by atoms with E-state index in [1.54, 1.807) is 18.2 Å². The minimum Gasteiger partial charge on any atom is -0.455 e. The molecule has 0 radical (unpaired) electrons. The fourth-order valence-corrected chi connectivity index (χ4v) is 3.90. The van der Waals surface area contributed by atoms with Gasteiger partial charge in [-0.25, -0.2) is 8.42 Å². The van der Waals surface area contributed by atoms with Crippen LogP contribution in [0.25, 0.3) is 10.8 Å². The number of anilines is 1. The number of ether oxygens (including phenoxy) is 1. The Bertz CT molecular complexity index is 1310. The maximum Gasteiger partial charge on any atom is 0.321 e. The van der Waals surface area contributed by atoms with E-state index >= 15 is 0 Å². The lowest BCUT2D eigenvalue weighted by atomic mass is 10.1. The number of hydrogen-bond acceptors (Lipinski definition) is 7. The maximum absolute atomic E-state index is 12.4. The topological polar surface area (TPSA) is 145 Å². The summed E-state index contributed by atoms with van der Waals surface area (Å²) in [7, 11) is -3.99. The number of nitrogens with zero attached hydrogens (tertiary/aromatic N) is 1. The number of nitrogens with one attached hydrogen (secondary N) is 2. The normalized spacial score (nSPS) is 11.2. The van der Waals surface area contributed by atoms with Crippen molar-refractivity contribution in [1.29, 1.82) is 0 Å². The van der Waals surface area contributed by atoms with Crippen LogP contribution >= 0.6 is 11.6 Å². The summed E-state index contributed by atoms with van der Waals surface area (Å²) >= 11 is 5.77. The first-order valence-electron chi connectivity index (χ1n) is 9.03. The average Bonchev–Trinajstić information content (AvgIpc) is 2.76. The van der Waals surface area contributed by atoms with Crippen LogP contribution < -0.4 is 10.0 Å². The molecule has 32 heavy (non-hydrogen) atoms. The minimum atomic E-state index is -3.99. The van der Waals surface area contributed by atoms with Gasteiger partial charge in [0.2, 0.25) is 10.0 Å². The third kappa shape index (κ3) is 5.78. The van der Waals surface area contributed by atoms with Crippen LogP contribution in [0.2, 0.25) is 5.02 Å². The van der Waals surface area contributed by atoms with E-state index in [1.807, 2.05) is 12.1 Å². The number of halogens is 1. The van der Waals surface area contributed by atoms with E-state index in [9.17, 15) is 28.1 Å². The standard InChI is InChI=1S/C20H16ClN3O7S/c21-15-6-8-18(24(27)28)17(10-15)23-19(25)12-31-20(26)11-22-32(29,30)16-7-5-13-3-1-2-4-14(13)9-16/h1-10,22H,11-12H2,(H,23,25). The van der Waals surface area contributed by atoms with Crippen molar-refractivity contribution in [1.82, 2.24) is 4.72 Å². The molecule has 0 saturated carbocycles. The van der Waals surface area contributed by atoms with Crippen LogP contribution in [-0.4, -0.2) is 38.4 Å². The first-order chi connectivity index (χ1) is 15.2. The van der Waals surface area contributed by atoms with Gasteiger partial charge in [-0.15, -0.1) is 0 Å². The second-order valence-corrected chi connectivity index (χ2v) is 8.66. The van der Waals surface area contributed by atoms with E-state index in [-0.39, 0.29) is 15.6 Å². The number of nitro groups is 1. The van der Waals surface area contributed by atoms with Gasteiger partial charge in [0.05, 0.1) is 9.82 Å². The highest BCUT2D eigenvalue weighted by Crippen LogP contribution is 2.27. The quantitative estimate of drug-likeness (QED) is 0.288. The summed E-state index contributed by atoms with van der Waals surface area (Å²) < 4.78 is 31.7. The Kier molecular flexibility index (Phi) is 7.03. The van der Waals surface area contributed by atoms with E-state index in [0.29, 0.717) is 5.39 Å². The number of nitro benzene ring substituents is 1. The molecule has 3 aromatic rings. The van der Waals surface area contributed by atoms with Gasteiger partial charge in [-0.05, 0) is 35.0 Å². The zero-order chi connectivity index (χ0) is 23.3. The van der Waals surface area contributed by atoms with Crippen molar-refractivity contribution in [2.24, 2.45) is 0 Å². The monoisotopic (exact) mass is 477 g/mol. The SMILES string of the molecule is O=C(COC(=O)CNS(=O)(=O)c1ccc2ccccc2c1)Nc1cc(Cl)ccc1[N+](=O)[O-]. The van der Waals surface area contributed by atoms with E-state index in [2.05, 4.69) is 10.0 Å². The van der Waals surface area contributed by atoms with Gasteiger partial charge in [-0.3, -0.25) is 19.7 Å². The minimum absolute atomic E-state index is 0.0324. The molecule has 0 aromatic heterocycles. The number of rotatable bonds is 8. The molecular formula is C20H16ClN3O7S. The molecule has 0 heterocycles. The summed E-state index contributed by atoms with van der Waals surface area (Å²) in [5.74, 6) is -1.87. The Morgan fingerprint density at radius 3 is 2.47 bits per heavy atom. The Labute approximate surface area is 187 Å². The van der Waals surface area contributed by atoms with Crippen molar-refractivity contribution in [3.05, 3.63) is 75.8 Å². The van der Waals surface area contributed by atoms with Crippen LogP contribution in [0.4, 0.5) is 11.4 Å². The Morgan fingerprint density at radius 2 is 1.75 bits per heavy atom. The molecule has 1 amide bonds. The van der Waals surface area contributed by atoms with E-state index < -0.39 is 45.7 Å². The van der Waals surface area contributed by atoms with Crippen LogP contribution in [0.1, 0.15) is 0 Å². The highest BCUT2D eigenvalue weighted by atomic mass is 35.5. The van der Waals surface area contributed by atoms with Gasteiger partial charge in [0.1, 0.15) is 12.2 Å². The molecule has 0 fully saturated rings. The second-order valence-electron chi connectivity index (χ2n) is 6.46. The molecule has 0 atom stereocenters. The highest BCUT2D eigenvalue weighted by Gasteiger charge is 2.19. The van der Waals surface area contributed by atoms with Gasteiger partial charge < -0.3 is 10.1 Å². The van der Waals surface area contributed by atoms with Crippen LogP contribution in [0.3, 0.4) is 0 Å². The fraction of sp³-hybridized carbons (Fsp3) is 0.100. The maximum atomic E-state index is 12.4. The number of carbonyl (C=O) groups excluding carboxylic acids is 2. The molecule has 3 rings (SSSR count). The van der Waals surface area contributed by atoms with E-state index in [0.717, 1.165) is 11.5 Å². The van der Waals surface area contributed by atoms with Crippen LogP contribution in [0.5, 0.6) is 0 Å². The lowest BCUT2D eigenvalue weighted by Crippen LogP contribution is -2.32. The third-order valence-corrected chi connectivity index (χ3v) is 5.87. The third-order valence-electron chi connectivity index (χ3n) is 4.23. The van der Waals surface area contributed by atoms with Crippen LogP contribution in [-0.2, 0) is 24.3 Å². The molecule has 0 saturated heterocycles. The largest absolute Gasteiger partial charge is 0.455 e. The smallest absolute Gasteiger partial charge is 0.321 e. The molecule has 0 aliphatic carbocycles. The highest BCUT2D eigenvalue weighted by molar-refractivity contribution is 7.89. The average molecular weight is 478 g/mol. The summed E-state index contributed by atoms with van der Waals surface area (Å²) in [6, 6.07) is 15.3. The first-order valence-corrected chi connectivity index (χ1v) is 10.9. The summed E-state index contributed by atoms with van der Waals surface area (Å²) in [6.07, 6.45) is 0. The summed E-state index contributed by atoms with van der Waals surface area (Å²) in [4.78, 5) is 34.1. The molecule has 0 bridgehead atoms. The zero-order valence-corrected chi connectivity index (χ0v) is 17.9. The number of esters is 1. The van der Waals surface area contributed by atoms with Crippen molar-refractivity contribution in [3.63, 3.8) is 0 Å². The van der Waals surface area contributed by atoms with Gasteiger partial charge in [0.25, 0.3) is 11.6 Å². The van der Waals surface area contributed by atoms with Crippen molar-refractivity contribution in [2.45, 2.75) is 4.90 Å². The number of benzene rings is 3. The fourth-order valence-electron chi connectivity index (χ4n) is 2.72. The summed E-state index contributed by atoms with van der Waals surface area (Å²) in [5, 5.41) is 15.0. The lowest BCUT2D eigenvalue weighted by molar-refractivity contribution is -0.383. The molecule has 10 nitrogen and oxygen atoms in total. The molecule has 12 heteroatoms. The van der Waals surface area contributed by atoms with Gasteiger partial charge >= 0.3 is 5.97 Å². The molecule has 2 N–H and O–H groups in total. The number of carbonyl (C=O) groups is 2. The van der Waals surface area contributed by atoms with Gasteiger partial charge in [-0.2, -0.15) is 4.72 Å². The molecule has 0 aliphatic rings. The lowest BCUT2D eigenvalue weighted by Gasteiger charge is -2.09. The van der Waals surface area contributed by atoms with Gasteiger partial charge in [0.15, 0.2) is 6.61 Å². The number of hydrogen-bond donors (Lipinski definition) is 2. The second kappa shape index (κ2) is 9.73. The molecule has 0 unspecified atom stereocenters. The van der Waals surface area contributed by atoms with Crippen molar-refractivity contribution < 1.29 is 27.7 Å². The Hall–Kier alpha value is -3.54. The van der Waals surface area contributed by atoms with Crippen molar-refractivity contribution in [3.8, 4) is 0 Å². The molecule has 3 aromatic carbocycles. The number of amides is 1. The van der Waals surface area contributed by atoms with Gasteiger partial charge in [-0.1, -0.05) is 41.9 Å². The zero-order valence-electron chi connectivity index (χ0n) is 16.3. The summed E-state index contributed by atoms with van der Waals surface area (Å²) in [6.45, 7) is -1.49. The van der Waals surface area contributed by atoms with Crippen LogP contribution in [0.15, 0.2) is 65.6 Å². The predicted molar refractivity (Wildman–Crippen MR) is 117 cm³/mol. The molecule has 166 valence electrons. The van der Waals surface area contributed by atoms with Crippen molar-refractivity contribution in [2.75, 3.05) is 18.5 Å². The summed E-state index contributed by atoms with van der Waals surface area (Å²) in [5.41, 5.74) is -0.558. The van der Waals surface area contributed by atoms with E-state index in [1.165, 1.54) is 24.3 Å². The van der Waals surface area contributed by atoms with Crippen molar-refractivity contribution >= 4 is 55.6 Å². The number of fused-ring (bicyclic) bond motifs is 1. The Balaban J connectivity index is 1.55. The Morgan fingerprint density at radius 1 is 1.03 bits per heavy atom. The van der Waals surface area contributed by atoms with E-state index in [4.69, 9.17) is 16.3 Å². The van der Waals surface area contributed by atoms with Gasteiger partial charge in [0, 0.05) is 11.1 Å². The molecular weight excluding hydrogens is 462 g/mol. The van der Waals surface area contributed by atoms with Crippen LogP contribution in [0, 0.1) is 10.1 Å².